The van der Waals surface area contributed by atoms with Crippen LogP contribution in [0.2, 0.25) is 0 Å². The average molecular weight is 548 g/mol. The number of amides is 1. The molecule has 1 heterocycles. The summed E-state index contributed by atoms with van der Waals surface area (Å²) < 4.78 is 0. The lowest BCUT2D eigenvalue weighted by Gasteiger charge is -2.67. The first-order chi connectivity index (χ1) is 18.6. The zero-order chi connectivity index (χ0) is 29.0. The standard InChI is InChI=1S/C34H47N3O3.H2/c1-30(2)12-13-34(37-15-14-36(7)27(39)20-37)11-8-22-28(23(34)18-30)24(38)16-26-32(22,5)10-9-25-31(3,4)29(40)21(19-35)17-33(25,26)6;/h16-17,22-23,25,28H,8-15,18,20H2,1-7H3;1H/t22?,23-,25?,28-,32-,33-,34+;/m0./s1. The van der Waals surface area contributed by atoms with E-state index < -0.39 is 10.8 Å². The fourth-order valence-corrected chi connectivity index (χ4v) is 10.9. The van der Waals surface area contributed by atoms with Gasteiger partial charge in [-0.15, -0.1) is 0 Å². The van der Waals surface area contributed by atoms with Crippen molar-refractivity contribution in [1.82, 2.24) is 9.80 Å². The Labute approximate surface area is 241 Å². The Kier molecular flexibility index (Phi) is 6.02. The molecule has 5 aliphatic carbocycles. The molecule has 1 amide bonds. The molecule has 0 bridgehead atoms. The lowest BCUT2D eigenvalue weighted by atomic mass is 9.39. The Bertz CT molecular complexity index is 1290. The molecule has 1 aliphatic heterocycles. The van der Waals surface area contributed by atoms with Gasteiger partial charge in [0.1, 0.15) is 6.07 Å². The van der Waals surface area contributed by atoms with Gasteiger partial charge in [0.15, 0.2) is 11.6 Å². The first-order valence-corrected chi connectivity index (χ1v) is 15.5. The quantitative estimate of drug-likeness (QED) is 0.428. The molecule has 6 aliphatic rings. The second kappa shape index (κ2) is 8.63. The Morgan fingerprint density at radius 1 is 0.950 bits per heavy atom. The van der Waals surface area contributed by atoms with Gasteiger partial charge in [-0.25, -0.2) is 0 Å². The summed E-state index contributed by atoms with van der Waals surface area (Å²) in [5.41, 5.74) is 0.204. The number of nitrogens with zero attached hydrogens (tertiary/aromatic N) is 3. The molecule has 0 aromatic heterocycles. The molecule has 7 atom stereocenters. The minimum Gasteiger partial charge on any atom is -0.343 e. The third-order valence-corrected chi connectivity index (χ3v) is 13.1. The normalized spacial score (nSPS) is 44.4. The van der Waals surface area contributed by atoms with Gasteiger partial charge in [-0.3, -0.25) is 19.3 Å². The zero-order valence-corrected chi connectivity index (χ0v) is 25.6. The maximum atomic E-state index is 14.5. The largest absolute Gasteiger partial charge is 0.343 e. The highest BCUT2D eigenvalue weighted by molar-refractivity contribution is 6.04. The molecular weight excluding hydrogens is 498 g/mol. The van der Waals surface area contributed by atoms with Crippen LogP contribution < -0.4 is 0 Å². The second-order valence-corrected chi connectivity index (χ2v) is 16.0. The Balaban J connectivity index is 0.00000337. The highest BCUT2D eigenvalue weighted by Crippen LogP contribution is 2.69. The summed E-state index contributed by atoms with van der Waals surface area (Å²) in [5, 5.41) is 9.91. The van der Waals surface area contributed by atoms with E-state index in [9.17, 15) is 19.6 Å². The predicted molar refractivity (Wildman–Crippen MR) is 156 cm³/mol. The van der Waals surface area contributed by atoms with Gasteiger partial charge in [-0.1, -0.05) is 53.2 Å². The van der Waals surface area contributed by atoms with Gasteiger partial charge in [-0.2, -0.15) is 5.26 Å². The molecule has 1 saturated heterocycles. The molecule has 218 valence electrons. The number of fused-ring (bicyclic) bond motifs is 7. The highest BCUT2D eigenvalue weighted by Gasteiger charge is 2.66. The number of ketones is 2. The molecule has 4 fully saturated rings. The number of nitriles is 1. The summed E-state index contributed by atoms with van der Waals surface area (Å²) in [6.45, 7) is 15.4. The van der Waals surface area contributed by atoms with E-state index in [2.05, 4.69) is 38.7 Å². The van der Waals surface area contributed by atoms with E-state index >= 15 is 0 Å². The van der Waals surface area contributed by atoms with Crippen molar-refractivity contribution >= 4 is 17.5 Å². The van der Waals surface area contributed by atoms with Gasteiger partial charge in [0.2, 0.25) is 5.91 Å². The first-order valence-electron chi connectivity index (χ1n) is 15.5. The molecule has 0 aromatic carbocycles. The summed E-state index contributed by atoms with van der Waals surface area (Å²) in [6, 6.07) is 2.20. The van der Waals surface area contributed by atoms with Crippen molar-refractivity contribution < 1.29 is 15.8 Å². The minimum atomic E-state index is -0.639. The molecule has 0 spiro atoms. The van der Waals surface area contributed by atoms with E-state index in [4.69, 9.17) is 0 Å². The molecule has 6 heteroatoms. The van der Waals surface area contributed by atoms with Crippen LogP contribution in [0.5, 0.6) is 0 Å². The Morgan fingerprint density at radius 3 is 2.35 bits per heavy atom. The van der Waals surface area contributed by atoms with Crippen LogP contribution in [-0.4, -0.2) is 59.5 Å². The number of Topliss-reactive ketones (excluding diaryl/α,β-unsaturated/α-hetero) is 1. The van der Waals surface area contributed by atoms with Gasteiger partial charge in [0.25, 0.3) is 0 Å². The van der Waals surface area contributed by atoms with E-state index in [1.807, 2.05) is 37.9 Å². The molecule has 6 nitrogen and oxygen atoms in total. The number of carbonyl (C=O) groups is 3. The molecule has 6 rings (SSSR count). The van der Waals surface area contributed by atoms with Crippen molar-refractivity contribution in [2.75, 3.05) is 26.7 Å². The van der Waals surface area contributed by atoms with Crippen LogP contribution in [0.15, 0.2) is 23.3 Å². The van der Waals surface area contributed by atoms with Crippen LogP contribution in [0, 0.1) is 56.7 Å². The number of piperazine rings is 1. The average Bonchev–Trinajstić information content (AvgIpc) is 2.88. The lowest BCUT2D eigenvalue weighted by molar-refractivity contribution is -0.162. The van der Waals surface area contributed by atoms with Crippen LogP contribution >= 0.6 is 0 Å². The minimum absolute atomic E-state index is 0. The summed E-state index contributed by atoms with van der Waals surface area (Å²) in [4.78, 5) is 45.0. The van der Waals surface area contributed by atoms with Crippen molar-refractivity contribution in [1.29, 1.82) is 5.26 Å². The molecule has 0 N–H and O–H groups in total. The summed E-state index contributed by atoms with van der Waals surface area (Å²) in [6.07, 6.45) is 11.0. The van der Waals surface area contributed by atoms with Crippen molar-refractivity contribution in [3.05, 3.63) is 23.3 Å². The second-order valence-electron chi connectivity index (χ2n) is 16.0. The number of hydrogen-bond acceptors (Lipinski definition) is 5. The molecular formula is C34H49N3O3. The fourth-order valence-electron chi connectivity index (χ4n) is 10.9. The maximum Gasteiger partial charge on any atom is 0.236 e. The maximum absolute atomic E-state index is 14.5. The molecule has 40 heavy (non-hydrogen) atoms. The van der Waals surface area contributed by atoms with Gasteiger partial charge in [0.05, 0.1) is 12.1 Å². The molecule has 3 saturated carbocycles. The third kappa shape index (κ3) is 3.58. The van der Waals surface area contributed by atoms with Crippen molar-refractivity contribution in [2.24, 2.45) is 45.3 Å². The smallest absolute Gasteiger partial charge is 0.236 e. The first kappa shape index (κ1) is 27.9. The summed E-state index contributed by atoms with van der Waals surface area (Å²) >= 11 is 0. The SMILES string of the molecule is CN1CCN([C@@]23CCC4[C@H](C(=O)C=C5[C@@]6(C)C=C(C#N)C(=O)C(C)(C)C6CC[C@]54C)[C@@H]2CC(C)(C)CC3)CC1=O.[HH]. The Morgan fingerprint density at radius 2 is 1.68 bits per heavy atom. The van der Waals surface area contributed by atoms with Crippen molar-refractivity contribution in [3.63, 3.8) is 0 Å². The summed E-state index contributed by atoms with van der Waals surface area (Å²) in [5.74, 6) is 0.872. The number of allylic oxidation sites excluding steroid dienone is 4. The van der Waals surface area contributed by atoms with Crippen LogP contribution in [-0.2, 0) is 14.4 Å². The van der Waals surface area contributed by atoms with E-state index in [1.54, 1.807) is 0 Å². The fraction of sp³-hybridized carbons (Fsp3) is 0.765. The van der Waals surface area contributed by atoms with E-state index in [0.717, 1.165) is 63.6 Å². The zero-order valence-electron chi connectivity index (χ0n) is 25.6. The lowest BCUT2D eigenvalue weighted by Crippen LogP contribution is -2.69. The van der Waals surface area contributed by atoms with Gasteiger partial charge in [-0.05, 0) is 79.6 Å². The molecule has 0 aromatic rings. The Hall–Kier alpha value is -2.26. The predicted octanol–water partition coefficient (Wildman–Crippen LogP) is 5.59. The monoisotopic (exact) mass is 547 g/mol. The molecule has 0 radical (unpaired) electrons. The number of carbonyl (C=O) groups excluding carboxylic acids is 3. The van der Waals surface area contributed by atoms with Gasteiger partial charge in [0, 0.05) is 43.9 Å². The van der Waals surface area contributed by atoms with Gasteiger partial charge >= 0.3 is 0 Å². The summed E-state index contributed by atoms with van der Waals surface area (Å²) in [7, 11) is 1.90. The molecule has 2 unspecified atom stereocenters. The van der Waals surface area contributed by atoms with E-state index in [0.29, 0.717) is 6.54 Å². The third-order valence-electron chi connectivity index (χ3n) is 13.1. The van der Waals surface area contributed by atoms with E-state index in [1.165, 1.54) is 0 Å². The number of hydrogen-bond donors (Lipinski definition) is 0. The van der Waals surface area contributed by atoms with Crippen LogP contribution in [0.4, 0.5) is 0 Å². The number of rotatable bonds is 1. The van der Waals surface area contributed by atoms with Crippen LogP contribution in [0.3, 0.4) is 0 Å². The van der Waals surface area contributed by atoms with Crippen molar-refractivity contribution in [2.45, 2.75) is 92.0 Å². The van der Waals surface area contributed by atoms with Gasteiger partial charge < -0.3 is 4.90 Å². The van der Waals surface area contributed by atoms with Crippen LogP contribution in [0.25, 0.3) is 0 Å². The topological polar surface area (TPSA) is 81.5 Å². The highest BCUT2D eigenvalue weighted by atomic mass is 16.2. The number of likely N-dealkylation sites (N-methyl/N-ethyl adjacent to an activating group) is 1. The van der Waals surface area contributed by atoms with Crippen LogP contribution in [0.1, 0.15) is 87.9 Å². The van der Waals surface area contributed by atoms with Crippen molar-refractivity contribution in [3.8, 4) is 6.07 Å². The van der Waals surface area contributed by atoms with E-state index in [-0.39, 0.29) is 64.5 Å².